The van der Waals surface area contributed by atoms with Gasteiger partial charge in [0.1, 0.15) is 11.9 Å². The molecule has 0 aliphatic heterocycles. The minimum absolute atomic E-state index is 0.0548. The van der Waals surface area contributed by atoms with Crippen LogP contribution in [0.1, 0.15) is 19.4 Å². The minimum atomic E-state index is -0.523. The molecule has 0 fully saturated rings. The van der Waals surface area contributed by atoms with E-state index in [1.54, 1.807) is 18.3 Å². The zero-order valence-corrected chi connectivity index (χ0v) is 10.2. The summed E-state index contributed by atoms with van der Waals surface area (Å²) in [6.45, 7) is 3.78. The highest BCUT2D eigenvalue weighted by atomic mass is 19.1. The molecule has 0 aromatic heterocycles. The summed E-state index contributed by atoms with van der Waals surface area (Å²) in [6, 6.07) is 5.39. The van der Waals surface area contributed by atoms with Crippen LogP contribution >= 0.6 is 0 Å². The zero-order valence-electron chi connectivity index (χ0n) is 10.2. The van der Waals surface area contributed by atoms with Crippen molar-refractivity contribution < 1.29 is 13.9 Å². The first-order valence-electron chi connectivity index (χ1n) is 5.41. The summed E-state index contributed by atoms with van der Waals surface area (Å²) < 4.78 is 17.3. The molecular formula is C13H16FNO2. The van der Waals surface area contributed by atoms with E-state index < -0.39 is 6.04 Å². The third-order valence-corrected chi connectivity index (χ3v) is 2.33. The van der Waals surface area contributed by atoms with Crippen LogP contribution in [0.4, 0.5) is 4.39 Å². The summed E-state index contributed by atoms with van der Waals surface area (Å²) in [7, 11) is 1.34. The number of benzene rings is 1. The molecule has 0 heterocycles. The molecule has 1 aromatic rings. The Bertz CT molecular complexity index is 398. The van der Waals surface area contributed by atoms with Crippen molar-refractivity contribution in [3.63, 3.8) is 0 Å². The van der Waals surface area contributed by atoms with Gasteiger partial charge in [-0.25, -0.2) is 9.18 Å². The fourth-order valence-electron chi connectivity index (χ4n) is 1.34. The van der Waals surface area contributed by atoms with Crippen molar-refractivity contribution in [3.05, 3.63) is 35.6 Å². The van der Waals surface area contributed by atoms with E-state index in [4.69, 9.17) is 0 Å². The maximum absolute atomic E-state index is 12.7. The van der Waals surface area contributed by atoms with Gasteiger partial charge >= 0.3 is 5.97 Å². The van der Waals surface area contributed by atoms with Gasteiger partial charge in [-0.3, -0.25) is 4.99 Å². The third-order valence-electron chi connectivity index (χ3n) is 2.33. The first-order valence-corrected chi connectivity index (χ1v) is 5.41. The Balaban J connectivity index is 2.79. The molecule has 0 aliphatic carbocycles. The first kappa shape index (κ1) is 13.4. The first-order chi connectivity index (χ1) is 8.04. The van der Waals surface area contributed by atoms with E-state index in [2.05, 4.69) is 9.73 Å². The fraction of sp³-hybridized carbons (Fsp3) is 0.385. The number of halogens is 1. The maximum atomic E-state index is 12.7. The molecule has 0 amide bonds. The summed E-state index contributed by atoms with van der Waals surface area (Å²) >= 11 is 0. The third kappa shape index (κ3) is 3.98. The Morgan fingerprint density at radius 1 is 1.35 bits per heavy atom. The molecule has 1 unspecified atom stereocenters. The van der Waals surface area contributed by atoms with Gasteiger partial charge in [0.15, 0.2) is 0 Å². The molecule has 4 heteroatoms. The molecule has 0 N–H and O–H groups in total. The normalized spacial score (nSPS) is 13.0. The van der Waals surface area contributed by atoms with Gasteiger partial charge < -0.3 is 4.74 Å². The molecule has 1 atom stereocenters. The molecule has 0 radical (unpaired) electrons. The number of ether oxygens (including phenoxy) is 1. The van der Waals surface area contributed by atoms with Crippen LogP contribution in [0.25, 0.3) is 0 Å². The van der Waals surface area contributed by atoms with Gasteiger partial charge in [0, 0.05) is 6.21 Å². The van der Waals surface area contributed by atoms with E-state index in [0.29, 0.717) is 0 Å². The average Bonchev–Trinajstić information content (AvgIpc) is 2.31. The van der Waals surface area contributed by atoms with Crippen molar-refractivity contribution in [2.45, 2.75) is 19.9 Å². The van der Waals surface area contributed by atoms with E-state index in [1.165, 1.54) is 19.2 Å². The molecule has 0 bridgehead atoms. The molecule has 1 rings (SSSR count). The van der Waals surface area contributed by atoms with Crippen molar-refractivity contribution >= 4 is 12.2 Å². The predicted octanol–water partition coefficient (Wildman–Crippen LogP) is 2.44. The second-order valence-electron chi connectivity index (χ2n) is 4.04. The number of nitrogens with zero attached hydrogens (tertiary/aromatic N) is 1. The summed E-state index contributed by atoms with van der Waals surface area (Å²) in [5.41, 5.74) is 0.751. The van der Waals surface area contributed by atoms with Crippen LogP contribution < -0.4 is 0 Å². The van der Waals surface area contributed by atoms with Gasteiger partial charge in [-0.1, -0.05) is 26.0 Å². The lowest BCUT2D eigenvalue weighted by atomic mass is 10.1. The highest BCUT2D eigenvalue weighted by Gasteiger charge is 2.20. The van der Waals surface area contributed by atoms with Crippen molar-refractivity contribution in [2.75, 3.05) is 7.11 Å². The smallest absolute Gasteiger partial charge is 0.330 e. The van der Waals surface area contributed by atoms with Crippen LogP contribution in [0.15, 0.2) is 29.3 Å². The average molecular weight is 237 g/mol. The number of rotatable bonds is 4. The molecule has 1 aromatic carbocycles. The van der Waals surface area contributed by atoms with Crippen LogP contribution in [0.3, 0.4) is 0 Å². The quantitative estimate of drug-likeness (QED) is 0.596. The lowest BCUT2D eigenvalue weighted by molar-refractivity contribution is -0.143. The molecule has 92 valence electrons. The van der Waals surface area contributed by atoms with Gasteiger partial charge in [0.25, 0.3) is 0 Å². The van der Waals surface area contributed by atoms with Crippen LogP contribution in [0.5, 0.6) is 0 Å². The minimum Gasteiger partial charge on any atom is -0.467 e. The maximum Gasteiger partial charge on any atom is 0.330 e. The van der Waals surface area contributed by atoms with E-state index in [9.17, 15) is 9.18 Å². The van der Waals surface area contributed by atoms with Crippen molar-refractivity contribution in [3.8, 4) is 0 Å². The van der Waals surface area contributed by atoms with Crippen LogP contribution in [-0.2, 0) is 9.53 Å². The Hall–Kier alpha value is -1.71. The Kier molecular flexibility index (Phi) is 4.82. The van der Waals surface area contributed by atoms with Crippen molar-refractivity contribution in [1.29, 1.82) is 0 Å². The fourth-order valence-corrected chi connectivity index (χ4v) is 1.34. The van der Waals surface area contributed by atoms with Crippen molar-refractivity contribution in [2.24, 2.45) is 10.9 Å². The van der Waals surface area contributed by atoms with Gasteiger partial charge in [-0.15, -0.1) is 0 Å². The van der Waals surface area contributed by atoms with Crippen LogP contribution in [-0.4, -0.2) is 25.3 Å². The topological polar surface area (TPSA) is 38.7 Å². The molecule has 0 saturated heterocycles. The highest BCUT2D eigenvalue weighted by molar-refractivity contribution is 5.84. The Labute approximate surface area is 100 Å². The number of hydrogen-bond donors (Lipinski definition) is 0. The molecule has 17 heavy (non-hydrogen) atoms. The summed E-state index contributed by atoms with van der Waals surface area (Å²) in [6.07, 6.45) is 1.56. The molecule has 0 saturated carbocycles. The molecule has 3 nitrogen and oxygen atoms in total. The lowest BCUT2D eigenvalue weighted by Gasteiger charge is -2.13. The second kappa shape index (κ2) is 6.13. The molecule has 0 aliphatic rings. The zero-order chi connectivity index (χ0) is 12.8. The van der Waals surface area contributed by atoms with Gasteiger partial charge in [0.05, 0.1) is 7.11 Å². The Morgan fingerprint density at radius 3 is 2.41 bits per heavy atom. The van der Waals surface area contributed by atoms with Gasteiger partial charge in [-0.05, 0) is 23.6 Å². The van der Waals surface area contributed by atoms with E-state index >= 15 is 0 Å². The lowest BCUT2D eigenvalue weighted by Crippen LogP contribution is -2.25. The highest BCUT2D eigenvalue weighted by Crippen LogP contribution is 2.09. The van der Waals surface area contributed by atoms with E-state index in [1.807, 2.05) is 13.8 Å². The summed E-state index contributed by atoms with van der Waals surface area (Å²) in [5.74, 6) is -0.604. The largest absolute Gasteiger partial charge is 0.467 e. The van der Waals surface area contributed by atoms with E-state index in [-0.39, 0.29) is 17.7 Å². The second-order valence-corrected chi connectivity index (χ2v) is 4.04. The van der Waals surface area contributed by atoms with Crippen LogP contribution in [0, 0.1) is 11.7 Å². The monoisotopic (exact) mass is 237 g/mol. The summed E-state index contributed by atoms with van der Waals surface area (Å²) in [4.78, 5) is 15.6. The molecular weight excluding hydrogens is 221 g/mol. The van der Waals surface area contributed by atoms with Crippen molar-refractivity contribution in [1.82, 2.24) is 0 Å². The van der Waals surface area contributed by atoms with E-state index in [0.717, 1.165) is 5.56 Å². The number of aliphatic imine (C=N–C) groups is 1. The number of carbonyl (C=O) groups excluding carboxylic acids is 1. The standard InChI is InChI=1S/C13H16FNO2/c1-9(2)12(13(16)17-3)15-8-10-4-6-11(14)7-5-10/h4-9,12H,1-3H3. The Morgan fingerprint density at radius 2 is 1.94 bits per heavy atom. The number of carbonyl (C=O) groups is 1. The predicted molar refractivity (Wildman–Crippen MR) is 64.6 cm³/mol. The van der Waals surface area contributed by atoms with Gasteiger partial charge in [-0.2, -0.15) is 0 Å². The number of esters is 1. The van der Waals surface area contributed by atoms with Gasteiger partial charge in [0.2, 0.25) is 0 Å². The van der Waals surface area contributed by atoms with Crippen LogP contribution in [0.2, 0.25) is 0 Å². The molecule has 0 spiro atoms. The number of methoxy groups -OCH3 is 1. The number of hydrogen-bond acceptors (Lipinski definition) is 3. The summed E-state index contributed by atoms with van der Waals surface area (Å²) in [5, 5.41) is 0. The SMILES string of the molecule is COC(=O)C(N=Cc1ccc(F)cc1)C(C)C.